The molecule has 0 saturated heterocycles. The molecule has 0 aromatic heterocycles. The normalized spacial score (nSPS) is 23.6. The molecule has 51 heavy (non-hydrogen) atoms. The summed E-state index contributed by atoms with van der Waals surface area (Å²) in [5.41, 5.74) is -4.98. The number of halogens is 10. The van der Waals surface area contributed by atoms with Crippen molar-refractivity contribution in [2.45, 2.75) is 49.4 Å². The van der Waals surface area contributed by atoms with Crippen molar-refractivity contribution < 1.29 is 50.5 Å². The number of nitrogens with zero attached hydrogens (tertiary/aromatic N) is 4. The van der Waals surface area contributed by atoms with Gasteiger partial charge in [0.05, 0.1) is 10.1 Å². The number of carbonyl (C=O) groups is 2. The quantitative estimate of drug-likeness (QED) is 0.115. The van der Waals surface area contributed by atoms with Gasteiger partial charge in [0, 0.05) is 56.7 Å². The predicted molar refractivity (Wildman–Crippen MR) is 170 cm³/mol. The Hall–Kier alpha value is -4.32. The SMILES string of the molecule is Cc1ccc(C2([N+](=O)[O-])C=CC(OC3=C(Cl)C(N(Cl)C(=O)C(F)(F)F)C(c4ccc(C)cc4)([N+](=O)[O-])C=C3)=C(Cl)C2N(Cl)C(=O)C(F)(F)F)cc1. The highest BCUT2D eigenvalue weighted by Gasteiger charge is 2.62. The van der Waals surface area contributed by atoms with E-state index in [9.17, 15) is 56.2 Å². The van der Waals surface area contributed by atoms with Crippen LogP contribution in [0.3, 0.4) is 0 Å². The molecule has 272 valence electrons. The molecular formula is C30H20Cl4F6N4O7. The number of hydrogen-bond acceptors (Lipinski definition) is 7. The number of rotatable bonds is 8. The van der Waals surface area contributed by atoms with Crippen molar-refractivity contribution in [2.75, 3.05) is 0 Å². The molecule has 2 aromatic rings. The van der Waals surface area contributed by atoms with Gasteiger partial charge in [-0.25, -0.2) is 8.84 Å². The first kappa shape index (κ1) is 39.5. The Morgan fingerprint density at radius 3 is 1.24 bits per heavy atom. The lowest BCUT2D eigenvalue weighted by atomic mass is 9.79. The van der Waals surface area contributed by atoms with Gasteiger partial charge in [-0.3, -0.25) is 29.8 Å². The molecule has 0 saturated carbocycles. The number of alkyl halides is 6. The van der Waals surface area contributed by atoms with Crippen LogP contribution in [-0.4, -0.2) is 54.9 Å². The minimum absolute atomic E-state index is 0.288. The summed E-state index contributed by atoms with van der Waals surface area (Å²) in [6.07, 6.45) is -8.35. The van der Waals surface area contributed by atoms with Gasteiger partial charge in [0.25, 0.3) is 11.1 Å². The summed E-state index contributed by atoms with van der Waals surface area (Å²) >= 11 is 24.7. The Morgan fingerprint density at radius 1 is 0.686 bits per heavy atom. The van der Waals surface area contributed by atoms with E-state index in [0.717, 1.165) is 12.2 Å². The predicted octanol–water partition coefficient (Wildman–Crippen LogP) is 7.83. The minimum Gasteiger partial charge on any atom is -0.455 e. The second kappa shape index (κ2) is 14.0. The molecule has 21 heteroatoms. The third-order valence-corrected chi connectivity index (χ3v) is 9.42. The Labute approximate surface area is 303 Å². The van der Waals surface area contributed by atoms with Crippen molar-refractivity contribution in [2.24, 2.45) is 0 Å². The fraction of sp³-hybridized carbons (Fsp3) is 0.267. The number of carbonyl (C=O) groups excluding carboxylic acids is 2. The number of amides is 2. The average Bonchev–Trinajstić information content (AvgIpc) is 3.04. The van der Waals surface area contributed by atoms with Crippen LogP contribution in [0.4, 0.5) is 26.3 Å². The van der Waals surface area contributed by atoms with Crippen molar-refractivity contribution >= 4 is 58.6 Å². The summed E-state index contributed by atoms with van der Waals surface area (Å²) in [7, 11) is 0. The summed E-state index contributed by atoms with van der Waals surface area (Å²) in [6.45, 7) is 3.21. The highest BCUT2D eigenvalue weighted by atomic mass is 35.5. The molecule has 0 aliphatic heterocycles. The lowest BCUT2D eigenvalue weighted by molar-refractivity contribution is -0.569. The second-order valence-corrected chi connectivity index (χ2v) is 12.7. The summed E-state index contributed by atoms with van der Waals surface area (Å²) in [4.78, 5) is 48.0. The lowest BCUT2D eigenvalue weighted by Crippen LogP contribution is -2.57. The van der Waals surface area contributed by atoms with Crippen LogP contribution in [0.2, 0.25) is 0 Å². The van der Waals surface area contributed by atoms with E-state index in [0.29, 0.717) is 23.3 Å². The molecule has 4 atom stereocenters. The van der Waals surface area contributed by atoms with Crippen molar-refractivity contribution in [3.8, 4) is 0 Å². The van der Waals surface area contributed by atoms with E-state index in [2.05, 4.69) is 0 Å². The second-order valence-electron chi connectivity index (χ2n) is 11.1. The zero-order valence-electron chi connectivity index (χ0n) is 25.5. The minimum atomic E-state index is -5.67. The molecule has 11 nitrogen and oxygen atoms in total. The van der Waals surface area contributed by atoms with Gasteiger partial charge in [-0.15, -0.1) is 0 Å². The van der Waals surface area contributed by atoms with E-state index < -0.39 is 87.6 Å². The molecule has 0 N–H and O–H groups in total. The highest BCUT2D eigenvalue weighted by Crippen LogP contribution is 2.48. The summed E-state index contributed by atoms with van der Waals surface area (Å²) < 4.78 is 86.2. The summed E-state index contributed by atoms with van der Waals surface area (Å²) in [5.74, 6) is -7.11. The van der Waals surface area contributed by atoms with Crippen molar-refractivity contribution in [1.82, 2.24) is 8.84 Å². The van der Waals surface area contributed by atoms with Crippen molar-refractivity contribution in [3.63, 3.8) is 0 Å². The molecule has 2 aliphatic carbocycles. The summed E-state index contributed by atoms with van der Waals surface area (Å²) in [6, 6.07) is 5.23. The number of allylic oxidation sites excluding steroid dienone is 2. The number of nitro groups is 2. The number of benzene rings is 2. The zero-order chi connectivity index (χ0) is 38.4. The van der Waals surface area contributed by atoms with Crippen LogP contribution < -0.4 is 0 Å². The Bertz CT molecular complexity index is 1770. The number of aryl methyl sites for hydroxylation is 2. The Morgan fingerprint density at radius 2 is 0.980 bits per heavy atom. The largest absolute Gasteiger partial charge is 0.472 e. The van der Waals surface area contributed by atoms with Crippen LogP contribution >= 0.6 is 46.8 Å². The number of ether oxygens (including phenoxy) is 1. The van der Waals surface area contributed by atoms with Crippen LogP contribution in [0.5, 0.6) is 0 Å². The van der Waals surface area contributed by atoms with Gasteiger partial charge >= 0.3 is 24.2 Å². The van der Waals surface area contributed by atoms with E-state index in [4.69, 9.17) is 51.5 Å². The maximum absolute atomic E-state index is 13.6. The van der Waals surface area contributed by atoms with Gasteiger partial charge in [-0.05, 0) is 26.0 Å². The smallest absolute Gasteiger partial charge is 0.455 e. The molecule has 4 unspecified atom stereocenters. The number of hydrogen-bond donors (Lipinski definition) is 0. The lowest BCUT2D eigenvalue weighted by Gasteiger charge is -2.39. The van der Waals surface area contributed by atoms with Crippen LogP contribution in [0.25, 0.3) is 0 Å². The first-order chi connectivity index (χ1) is 23.5. The van der Waals surface area contributed by atoms with E-state index in [1.54, 1.807) is 13.8 Å². The molecule has 0 bridgehead atoms. The van der Waals surface area contributed by atoms with Gasteiger partial charge in [0.1, 0.15) is 11.5 Å². The van der Waals surface area contributed by atoms with Crippen LogP contribution in [0.15, 0.2) is 94.4 Å². The molecule has 0 radical (unpaired) electrons. The van der Waals surface area contributed by atoms with Crippen LogP contribution in [0.1, 0.15) is 22.3 Å². The molecule has 0 fully saturated rings. The Kier molecular flexibility index (Phi) is 10.8. The maximum Gasteiger partial charge on any atom is 0.472 e. The van der Waals surface area contributed by atoms with Crippen molar-refractivity contribution in [3.05, 3.63) is 137 Å². The monoisotopic (exact) mass is 802 g/mol. The van der Waals surface area contributed by atoms with Gasteiger partial charge in [-0.2, -0.15) is 26.3 Å². The van der Waals surface area contributed by atoms with E-state index in [1.165, 1.54) is 48.5 Å². The fourth-order valence-corrected chi connectivity index (χ4v) is 6.91. The molecule has 0 spiro atoms. The van der Waals surface area contributed by atoms with Gasteiger partial charge in [0.15, 0.2) is 12.1 Å². The van der Waals surface area contributed by atoms with E-state index >= 15 is 0 Å². The van der Waals surface area contributed by atoms with Crippen molar-refractivity contribution in [1.29, 1.82) is 0 Å². The van der Waals surface area contributed by atoms with E-state index in [1.807, 2.05) is 0 Å². The summed E-state index contributed by atoms with van der Waals surface area (Å²) in [5, 5.41) is 23.4. The maximum atomic E-state index is 13.6. The first-order valence-electron chi connectivity index (χ1n) is 13.9. The molecule has 2 aromatic carbocycles. The highest BCUT2D eigenvalue weighted by molar-refractivity contribution is 6.33. The fourth-order valence-electron chi connectivity index (χ4n) is 5.39. The zero-order valence-corrected chi connectivity index (χ0v) is 28.5. The third kappa shape index (κ3) is 6.99. The average molecular weight is 804 g/mol. The van der Waals surface area contributed by atoms with Gasteiger partial charge in [0.2, 0.25) is 0 Å². The molecular weight excluding hydrogens is 784 g/mol. The molecule has 2 amide bonds. The van der Waals surface area contributed by atoms with Gasteiger partial charge in [-0.1, -0.05) is 82.9 Å². The van der Waals surface area contributed by atoms with E-state index in [-0.39, 0.29) is 11.1 Å². The first-order valence-corrected chi connectivity index (χ1v) is 15.4. The standard InChI is InChI=1S/C30H20Cl4F6N4O7/c1-15-3-7-17(8-4-15)27(43(47)48)13-11-19(21(31)23(27)41(33)25(45)29(35,36)37)51-20-12-14-28(44(49)50,18-9-5-16(2)6-10-18)24(22(20)32)42(34)26(46)30(38,39)40/h3-14,23-24H,1-2H3. The molecule has 0 heterocycles. The van der Waals surface area contributed by atoms with Crippen LogP contribution in [0, 0.1) is 34.1 Å². The topological polar surface area (TPSA) is 136 Å². The Balaban J connectivity index is 1.95. The molecule has 4 rings (SSSR count). The van der Waals surface area contributed by atoms with Crippen LogP contribution in [-0.2, 0) is 25.4 Å². The third-order valence-electron chi connectivity index (χ3n) is 7.94. The van der Waals surface area contributed by atoms with Gasteiger partial charge < -0.3 is 4.74 Å². The molecule has 2 aliphatic rings.